The lowest BCUT2D eigenvalue weighted by Gasteiger charge is -2.17. The molecule has 0 aliphatic heterocycles. The molecule has 0 saturated carbocycles. The molecule has 0 aliphatic rings. The standard InChI is InChI=1S/C11H13N3O/c1-14(7-2-3-8-15)11-6-4-5-10(9-12)13-11/h4-6,8H,2-3,7H2,1H3. The second-order valence-electron chi connectivity index (χ2n) is 3.22. The van der Waals surface area contributed by atoms with Gasteiger partial charge in [0, 0.05) is 20.0 Å². The zero-order valence-electron chi connectivity index (χ0n) is 8.68. The van der Waals surface area contributed by atoms with E-state index in [0.29, 0.717) is 12.1 Å². The number of nitriles is 1. The molecule has 0 amide bonds. The second-order valence-corrected chi connectivity index (χ2v) is 3.22. The summed E-state index contributed by atoms with van der Waals surface area (Å²) >= 11 is 0. The van der Waals surface area contributed by atoms with Crippen LogP contribution in [0.1, 0.15) is 18.5 Å². The van der Waals surface area contributed by atoms with E-state index >= 15 is 0 Å². The van der Waals surface area contributed by atoms with E-state index in [4.69, 9.17) is 5.26 Å². The number of nitrogens with zero attached hydrogens (tertiary/aromatic N) is 3. The van der Waals surface area contributed by atoms with E-state index in [-0.39, 0.29) is 0 Å². The average Bonchev–Trinajstić information content (AvgIpc) is 2.29. The number of carbonyl (C=O) groups excluding carboxylic acids is 1. The van der Waals surface area contributed by atoms with Crippen LogP contribution >= 0.6 is 0 Å². The van der Waals surface area contributed by atoms with Crippen molar-refractivity contribution in [2.45, 2.75) is 12.8 Å². The van der Waals surface area contributed by atoms with Crippen molar-refractivity contribution in [2.24, 2.45) is 0 Å². The Morgan fingerprint density at radius 3 is 3.07 bits per heavy atom. The van der Waals surface area contributed by atoms with Crippen molar-refractivity contribution in [3.05, 3.63) is 23.9 Å². The maximum Gasteiger partial charge on any atom is 0.142 e. The number of pyridine rings is 1. The van der Waals surface area contributed by atoms with E-state index in [1.165, 1.54) is 0 Å². The molecule has 1 rings (SSSR count). The van der Waals surface area contributed by atoms with Gasteiger partial charge in [-0.05, 0) is 18.6 Å². The summed E-state index contributed by atoms with van der Waals surface area (Å²) in [6.07, 6.45) is 2.27. The van der Waals surface area contributed by atoms with Gasteiger partial charge in [-0.15, -0.1) is 0 Å². The highest BCUT2D eigenvalue weighted by Crippen LogP contribution is 2.09. The third-order valence-electron chi connectivity index (χ3n) is 2.06. The lowest BCUT2D eigenvalue weighted by Crippen LogP contribution is -2.19. The number of hydrogen-bond donors (Lipinski definition) is 0. The van der Waals surface area contributed by atoms with Gasteiger partial charge in [0.15, 0.2) is 0 Å². The van der Waals surface area contributed by atoms with Gasteiger partial charge in [0.25, 0.3) is 0 Å². The lowest BCUT2D eigenvalue weighted by atomic mass is 10.3. The number of carbonyl (C=O) groups is 1. The van der Waals surface area contributed by atoms with Crippen molar-refractivity contribution < 1.29 is 4.79 Å². The summed E-state index contributed by atoms with van der Waals surface area (Å²) < 4.78 is 0. The topological polar surface area (TPSA) is 57.0 Å². The van der Waals surface area contributed by atoms with Gasteiger partial charge < -0.3 is 9.69 Å². The van der Waals surface area contributed by atoms with Crippen LogP contribution in [0.15, 0.2) is 18.2 Å². The molecule has 1 heterocycles. The van der Waals surface area contributed by atoms with E-state index in [2.05, 4.69) is 4.98 Å². The third kappa shape index (κ3) is 3.39. The Kier molecular flexibility index (Phi) is 4.30. The van der Waals surface area contributed by atoms with Crippen LogP contribution in [0.5, 0.6) is 0 Å². The Morgan fingerprint density at radius 1 is 1.60 bits per heavy atom. The van der Waals surface area contributed by atoms with Crippen LogP contribution in [0.25, 0.3) is 0 Å². The summed E-state index contributed by atoms with van der Waals surface area (Å²) in [5, 5.41) is 8.68. The maximum absolute atomic E-state index is 10.1. The summed E-state index contributed by atoms with van der Waals surface area (Å²) in [4.78, 5) is 16.2. The fourth-order valence-electron chi connectivity index (χ4n) is 1.22. The summed E-state index contributed by atoms with van der Waals surface area (Å²) in [6, 6.07) is 7.32. The molecule has 4 heteroatoms. The van der Waals surface area contributed by atoms with Crippen LogP contribution in [0.3, 0.4) is 0 Å². The molecule has 1 aromatic rings. The molecule has 0 spiro atoms. The largest absolute Gasteiger partial charge is 0.360 e. The third-order valence-corrected chi connectivity index (χ3v) is 2.06. The van der Waals surface area contributed by atoms with Gasteiger partial charge in [0.1, 0.15) is 23.9 Å². The van der Waals surface area contributed by atoms with Crippen molar-refractivity contribution in [1.29, 1.82) is 5.26 Å². The van der Waals surface area contributed by atoms with Crippen LogP contribution in [-0.2, 0) is 4.79 Å². The summed E-state index contributed by atoms with van der Waals surface area (Å²) in [6.45, 7) is 0.765. The van der Waals surface area contributed by atoms with Gasteiger partial charge in [-0.2, -0.15) is 5.26 Å². The number of aldehydes is 1. The summed E-state index contributed by atoms with van der Waals surface area (Å²) in [5.41, 5.74) is 0.412. The van der Waals surface area contributed by atoms with E-state index in [1.54, 1.807) is 12.1 Å². The van der Waals surface area contributed by atoms with E-state index < -0.39 is 0 Å². The van der Waals surface area contributed by atoms with Crippen molar-refractivity contribution >= 4 is 12.1 Å². The van der Waals surface area contributed by atoms with Gasteiger partial charge in [0.2, 0.25) is 0 Å². The quantitative estimate of drug-likeness (QED) is 0.535. The molecule has 4 nitrogen and oxygen atoms in total. The van der Waals surface area contributed by atoms with Gasteiger partial charge in [-0.25, -0.2) is 4.98 Å². The van der Waals surface area contributed by atoms with Crippen molar-refractivity contribution in [3.8, 4) is 6.07 Å². The Hall–Kier alpha value is -1.89. The molecular weight excluding hydrogens is 190 g/mol. The van der Waals surface area contributed by atoms with E-state index in [9.17, 15) is 4.79 Å². The first-order valence-electron chi connectivity index (χ1n) is 4.80. The van der Waals surface area contributed by atoms with Crippen LogP contribution < -0.4 is 4.90 Å². The number of anilines is 1. The Balaban J connectivity index is 2.61. The number of hydrogen-bond acceptors (Lipinski definition) is 4. The fourth-order valence-corrected chi connectivity index (χ4v) is 1.22. The van der Waals surface area contributed by atoms with Crippen LogP contribution in [0.2, 0.25) is 0 Å². The highest BCUT2D eigenvalue weighted by Gasteiger charge is 2.02. The van der Waals surface area contributed by atoms with Crippen molar-refractivity contribution in [3.63, 3.8) is 0 Å². The highest BCUT2D eigenvalue weighted by molar-refractivity contribution is 5.49. The first-order valence-corrected chi connectivity index (χ1v) is 4.80. The second kappa shape index (κ2) is 5.76. The van der Waals surface area contributed by atoms with Gasteiger partial charge >= 0.3 is 0 Å². The summed E-state index contributed by atoms with van der Waals surface area (Å²) in [5.74, 6) is 0.764. The molecule has 0 aliphatic carbocycles. The molecule has 0 N–H and O–H groups in total. The number of unbranched alkanes of at least 4 members (excludes halogenated alkanes) is 1. The maximum atomic E-state index is 10.1. The molecule has 0 unspecified atom stereocenters. The monoisotopic (exact) mass is 203 g/mol. The van der Waals surface area contributed by atoms with Gasteiger partial charge in [-0.1, -0.05) is 6.07 Å². The smallest absolute Gasteiger partial charge is 0.142 e. The van der Waals surface area contributed by atoms with Crippen molar-refractivity contribution in [1.82, 2.24) is 4.98 Å². The van der Waals surface area contributed by atoms with Crippen LogP contribution in [0, 0.1) is 11.3 Å². The molecule has 1 aromatic heterocycles. The van der Waals surface area contributed by atoms with Gasteiger partial charge in [0.05, 0.1) is 0 Å². The normalized spacial score (nSPS) is 9.33. The van der Waals surface area contributed by atoms with E-state index in [0.717, 1.165) is 25.1 Å². The SMILES string of the molecule is CN(CCCC=O)c1cccc(C#N)n1. The Labute approximate surface area is 89.2 Å². The Morgan fingerprint density at radius 2 is 2.40 bits per heavy atom. The van der Waals surface area contributed by atoms with Crippen molar-refractivity contribution in [2.75, 3.05) is 18.5 Å². The Bertz CT molecular complexity index is 370. The first kappa shape index (κ1) is 11.2. The first-order chi connectivity index (χ1) is 7.27. The molecule has 0 atom stereocenters. The van der Waals surface area contributed by atoms with E-state index in [1.807, 2.05) is 24.1 Å². The molecule has 0 aromatic carbocycles. The van der Waals surface area contributed by atoms with Gasteiger partial charge in [-0.3, -0.25) is 0 Å². The van der Waals surface area contributed by atoms with Crippen LogP contribution in [-0.4, -0.2) is 24.9 Å². The minimum atomic E-state index is 0.412. The molecule has 0 radical (unpaired) electrons. The minimum absolute atomic E-state index is 0.412. The predicted molar refractivity (Wildman–Crippen MR) is 57.5 cm³/mol. The molecule has 15 heavy (non-hydrogen) atoms. The average molecular weight is 203 g/mol. The molecule has 0 saturated heterocycles. The molecule has 78 valence electrons. The molecule has 0 fully saturated rings. The number of aromatic nitrogens is 1. The predicted octanol–water partition coefficient (Wildman–Crippen LogP) is 1.37. The highest BCUT2D eigenvalue weighted by atomic mass is 16.1. The minimum Gasteiger partial charge on any atom is -0.360 e. The molecule has 0 bridgehead atoms. The number of rotatable bonds is 5. The van der Waals surface area contributed by atoms with Crippen LogP contribution in [0.4, 0.5) is 5.82 Å². The molecular formula is C11H13N3O. The zero-order chi connectivity index (χ0) is 11.1. The fraction of sp³-hybridized carbons (Fsp3) is 0.364. The zero-order valence-corrected chi connectivity index (χ0v) is 8.68. The lowest BCUT2D eigenvalue weighted by molar-refractivity contribution is -0.107. The summed E-state index contributed by atoms with van der Waals surface area (Å²) in [7, 11) is 1.90.